The monoisotopic (exact) mass is 320 g/mol. The zero-order chi connectivity index (χ0) is 15.9. The van der Waals surface area contributed by atoms with Crippen molar-refractivity contribution in [1.29, 1.82) is 0 Å². The summed E-state index contributed by atoms with van der Waals surface area (Å²) in [7, 11) is 4.70. The number of hydrogen-bond donors (Lipinski definition) is 1. The highest BCUT2D eigenvalue weighted by Crippen LogP contribution is 2.39. The van der Waals surface area contributed by atoms with Crippen LogP contribution < -0.4 is 19.6 Å². The highest BCUT2D eigenvalue weighted by Gasteiger charge is 2.14. The molecule has 0 heterocycles. The van der Waals surface area contributed by atoms with Crippen LogP contribution in [0, 0.1) is 0 Å². The predicted molar refractivity (Wildman–Crippen MR) is 88.8 cm³/mol. The topological polar surface area (TPSA) is 52.1 Å². The van der Waals surface area contributed by atoms with Gasteiger partial charge in [-0.05, 0) is 24.3 Å². The lowest BCUT2D eigenvalue weighted by atomic mass is 10.2. The zero-order valence-corrected chi connectivity index (χ0v) is 13.3. The van der Waals surface area contributed by atoms with Gasteiger partial charge in [-0.2, -0.15) is 5.10 Å². The minimum Gasteiger partial charge on any atom is -0.493 e. The number of anilines is 1. The largest absolute Gasteiger partial charge is 0.493 e. The molecule has 0 radical (unpaired) electrons. The Hall–Kier alpha value is -2.40. The number of ether oxygens (including phenoxy) is 3. The molecule has 0 saturated carbocycles. The molecule has 0 amide bonds. The summed E-state index contributed by atoms with van der Waals surface area (Å²) < 4.78 is 16.0. The summed E-state index contributed by atoms with van der Waals surface area (Å²) in [4.78, 5) is 0. The molecule has 2 aromatic rings. The van der Waals surface area contributed by atoms with Crippen LogP contribution in [0.15, 0.2) is 41.5 Å². The summed E-state index contributed by atoms with van der Waals surface area (Å²) in [5.41, 5.74) is 4.36. The van der Waals surface area contributed by atoms with Crippen LogP contribution in [0.4, 0.5) is 5.69 Å². The van der Waals surface area contributed by atoms with Gasteiger partial charge >= 0.3 is 0 Å². The Morgan fingerprint density at radius 2 is 1.68 bits per heavy atom. The molecule has 5 nitrogen and oxygen atoms in total. The first kappa shape index (κ1) is 16.0. The number of hydrogen-bond acceptors (Lipinski definition) is 5. The van der Waals surface area contributed by atoms with E-state index in [0.717, 1.165) is 11.3 Å². The SMILES string of the molecule is COc1ccc(/C=N/Nc2ccccc2Cl)c(OC)c1OC. The van der Waals surface area contributed by atoms with E-state index in [1.165, 1.54) is 0 Å². The molecule has 1 N–H and O–H groups in total. The van der Waals surface area contributed by atoms with Gasteiger partial charge in [-0.15, -0.1) is 0 Å². The Kier molecular flexibility index (Phi) is 5.49. The van der Waals surface area contributed by atoms with E-state index in [1.54, 1.807) is 39.7 Å². The predicted octanol–water partition coefficient (Wildman–Crippen LogP) is 3.81. The fourth-order valence-electron chi connectivity index (χ4n) is 1.95. The van der Waals surface area contributed by atoms with E-state index in [0.29, 0.717) is 22.3 Å². The first-order valence-corrected chi connectivity index (χ1v) is 6.91. The Labute approximate surface area is 134 Å². The van der Waals surface area contributed by atoms with E-state index in [2.05, 4.69) is 10.5 Å². The molecule has 0 unspecified atom stereocenters. The first-order chi connectivity index (χ1) is 10.7. The molecule has 6 heteroatoms. The average Bonchev–Trinajstić information content (AvgIpc) is 2.55. The van der Waals surface area contributed by atoms with Gasteiger partial charge in [-0.1, -0.05) is 23.7 Å². The molecular weight excluding hydrogens is 304 g/mol. The zero-order valence-electron chi connectivity index (χ0n) is 12.6. The van der Waals surface area contributed by atoms with Crippen LogP contribution in [0.25, 0.3) is 0 Å². The third-order valence-corrected chi connectivity index (χ3v) is 3.33. The fraction of sp³-hybridized carbons (Fsp3) is 0.188. The molecule has 0 aliphatic heterocycles. The Morgan fingerprint density at radius 1 is 0.955 bits per heavy atom. The number of nitrogens with zero attached hydrogens (tertiary/aromatic N) is 1. The van der Waals surface area contributed by atoms with Crippen molar-refractivity contribution in [3.63, 3.8) is 0 Å². The van der Waals surface area contributed by atoms with Gasteiger partial charge in [0.15, 0.2) is 11.5 Å². The molecular formula is C16H17ClN2O3. The van der Waals surface area contributed by atoms with Crippen LogP contribution in [-0.4, -0.2) is 27.5 Å². The van der Waals surface area contributed by atoms with Gasteiger partial charge in [0.1, 0.15) is 0 Å². The second-order valence-corrected chi connectivity index (χ2v) is 4.68. The molecule has 0 aromatic heterocycles. The van der Waals surface area contributed by atoms with Crippen molar-refractivity contribution in [1.82, 2.24) is 0 Å². The second-order valence-electron chi connectivity index (χ2n) is 4.27. The van der Waals surface area contributed by atoms with Crippen LogP contribution in [0.2, 0.25) is 5.02 Å². The van der Waals surface area contributed by atoms with Crippen LogP contribution in [-0.2, 0) is 0 Å². The minimum absolute atomic E-state index is 0.520. The molecule has 0 saturated heterocycles. The van der Waals surface area contributed by atoms with Gasteiger partial charge in [0.25, 0.3) is 0 Å². The van der Waals surface area contributed by atoms with E-state index < -0.39 is 0 Å². The smallest absolute Gasteiger partial charge is 0.203 e. The summed E-state index contributed by atoms with van der Waals surface area (Å²) >= 11 is 6.05. The van der Waals surface area contributed by atoms with Crippen molar-refractivity contribution in [2.24, 2.45) is 5.10 Å². The Morgan fingerprint density at radius 3 is 2.32 bits per heavy atom. The lowest BCUT2D eigenvalue weighted by molar-refractivity contribution is 0.324. The lowest BCUT2D eigenvalue weighted by Gasteiger charge is -2.13. The normalized spacial score (nSPS) is 10.5. The molecule has 0 aliphatic rings. The summed E-state index contributed by atoms with van der Waals surface area (Å²) in [6.45, 7) is 0. The number of rotatable bonds is 6. The standard InChI is InChI=1S/C16H17ClN2O3/c1-20-14-9-8-11(15(21-2)16(14)22-3)10-18-19-13-7-5-4-6-12(13)17/h4-10,19H,1-3H3/b18-10+. The van der Waals surface area contributed by atoms with E-state index in [9.17, 15) is 0 Å². The van der Waals surface area contributed by atoms with E-state index >= 15 is 0 Å². The average molecular weight is 321 g/mol. The lowest BCUT2D eigenvalue weighted by Crippen LogP contribution is -1.99. The van der Waals surface area contributed by atoms with Gasteiger partial charge in [0, 0.05) is 5.56 Å². The van der Waals surface area contributed by atoms with Crippen molar-refractivity contribution in [3.05, 3.63) is 47.0 Å². The number of nitrogens with one attached hydrogen (secondary N) is 1. The summed E-state index contributed by atoms with van der Waals surface area (Å²) in [5, 5.41) is 4.77. The quantitative estimate of drug-likeness (QED) is 0.649. The first-order valence-electron chi connectivity index (χ1n) is 6.53. The maximum absolute atomic E-state index is 6.05. The van der Waals surface area contributed by atoms with Crippen LogP contribution in [0.1, 0.15) is 5.56 Å². The van der Waals surface area contributed by atoms with Gasteiger partial charge < -0.3 is 14.2 Å². The highest BCUT2D eigenvalue weighted by atomic mass is 35.5. The maximum atomic E-state index is 6.05. The van der Waals surface area contributed by atoms with Crippen molar-refractivity contribution >= 4 is 23.5 Å². The van der Waals surface area contributed by atoms with Gasteiger partial charge in [0.05, 0.1) is 38.3 Å². The molecule has 0 spiro atoms. The molecule has 2 aromatic carbocycles. The summed E-state index contributed by atoms with van der Waals surface area (Å²) in [6, 6.07) is 11.0. The number of halogens is 1. The van der Waals surface area contributed by atoms with Crippen LogP contribution >= 0.6 is 11.6 Å². The van der Waals surface area contributed by atoms with Crippen molar-refractivity contribution in [3.8, 4) is 17.2 Å². The Balaban J connectivity index is 2.26. The summed E-state index contributed by atoms with van der Waals surface area (Å²) in [6.07, 6.45) is 1.63. The molecule has 0 fully saturated rings. The van der Waals surface area contributed by atoms with Crippen molar-refractivity contribution in [2.45, 2.75) is 0 Å². The third-order valence-electron chi connectivity index (χ3n) is 3.00. The van der Waals surface area contributed by atoms with Gasteiger partial charge in [-0.25, -0.2) is 0 Å². The van der Waals surface area contributed by atoms with Gasteiger partial charge in [0.2, 0.25) is 5.75 Å². The van der Waals surface area contributed by atoms with E-state index in [4.69, 9.17) is 25.8 Å². The third kappa shape index (κ3) is 3.43. The van der Waals surface area contributed by atoms with E-state index in [-0.39, 0.29) is 0 Å². The Bertz CT molecular complexity index is 674. The number of methoxy groups -OCH3 is 3. The van der Waals surface area contributed by atoms with Crippen LogP contribution in [0.5, 0.6) is 17.2 Å². The maximum Gasteiger partial charge on any atom is 0.203 e. The van der Waals surface area contributed by atoms with Crippen LogP contribution in [0.3, 0.4) is 0 Å². The number of hydrazone groups is 1. The van der Waals surface area contributed by atoms with Gasteiger partial charge in [-0.3, -0.25) is 5.43 Å². The van der Waals surface area contributed by atoms with E-state index in [1.807, 2.05) is 24.3 Å². The number of benzene rings is 2. The highest BCUT2D eigenvalue weighted by molar-refractivity contribution is 6.33. The van der Waals surface area contributed by atoms with Crippen molar-refractivity contribution < 1.29 is 14.2 Å². The molecule has 0 bridgehead atoms. The molecule has 0 atom stereocenters. The molecule has 22 heavy (non-hydrogen) atoms. The second kappa shape index (κ2) is 7.56. The number of para-hydroxylation sites is 1. The fourth-order valence-corrected chi connectivity index (χ4v) is 2.13. The molecule has 0 aliphatic carbocycles. The summed E-state index contributed by atoms with van der Waals surface area (Å²) in [5.74, 6) is 1.66. The molecule has 116 valence electrons. The molecule has 2 rings (SSSR count). The minimum atomic E-state index is 0.520. The van der Waals surface area contributed by atoms with Crippen molar-refractivity contribution in [2.75, 3.05) is 26.8 Å².